The Morgan fingerprint density at radius 3 is 2.75 bits per heavy atom. The van der Waals surface area contributed by atoms with Crippen LogP contribution in [-0.4, -0.2) is 46.6 Å². The molecule has 1 aliphatic carbocycles. The number of aryl methyl sites for hydroxylation is 2. The van der Waals surface area contributed by atoms with Crippen LogP contribution in [0.15, 0.2) is 10.6 Å². The number of hydrogen-bond donors (Lipinski definition) is 1. The molecule has 2 fully saturated rings. The molecule has 0 unspecified atom stereocenters. The number of aromatic nitrogens is 2. The van der Waals surface area contributed by atoms with E-state index in [1.165, 1.54) is 12.8 Å². The molecule has 0 spiro atoms. The largest absolute Gasteiger partial charge is 0.339 e. The van der Waals surface area contributed by atoms with Crippen LogP contribution in [0.3, 0.4) is 0 Å². The van der Waals surface area contributed by atoms with Gasteiger partial charge in [-0.15, -0.1) is 0 Å². The first-order valence-electron chi connectivity index (χ1n) is 8.88. The molecule has 2 aromatic rings. The highest BCUT2D eigenvalue weighted by Gasteiger charge is 2.28. The number of rotatable bonds is 4. The van der Waals surface area contributed by atoms with E-state index in [0.717, 1.165) is 55.2 Å². The minimum Gasteiger partial charge on any atom is -0.339 e. The normalized spacial score (nSPS) is 19.2. The molecule has 2 aliphatic rings. The topological polar surface area (TPSA) is 71.3 Å². The smallest absolute Gasteiger partial charge is 0.258 e. The van der Waals surface area contributed by atoms with E-state index in [1.54, 1.807) is 0 Å². The zero-order valence-corrected chi connectivity index (χ0v) is 14.3. The van der Waals surface area contributed by atoms with Crippen molar-refractivity contribution in [3.63, 3.8) is 0 Å². The molecule has 128 valence electrons. The van der Waals surface area contributed by atoms with Crippen LogP contribution < -0.4 is 5.32 Å². The molecule has 0 radical (unpaired) electrons. The predicted octanol–water partition coefficient (Wildman–Crippen LogP) is 2.44. The molecule has 0 aromatic carbocycles. The van der Waals surface area contributed by atoms with E-state index in [1.807, 2.05) is 24.8 Å². The first kappa shape index (κ1) is 15.6. The van der Waals surface area contributed by atoms with Crippen LogP contribution in [0.2, 0.25) is 0 Å². The summed E-state index contributed by atoms with van der Waals surface area (Å²) in [5, 5.41) is 8.37. The number of carbonyl (C=O) groups excluding carboxylic acids is 1. The summed E-state index contributed by atoms with van der Waals surface area (Å²) in [5.41, 5.74) is 2.63. The highest BCUT2D eigenvalue weighted by molar-refractivity contribution is 6.06. The number of piperidine rings is 1. The number of pyridine rings is 1. The van der Waals surface area contributed by atoms with Gasteiger partial charge in [0.15, 0.2) is 0 Å². The lowest BCUT2D eigenvalue weighted by molar-refractivity contribution is 0.0706. The van der Waals surface area contributed by atoms with Gasteiger partial charge in [-0.3, -0.25) is 4.79 Å². The third kappa shape index (κ3) is 3.02. The van der Waals surface area contributed by atoms with Crippen LogP contribution in [-0.2, 0) is 0 Å². The number of fused-ring (bicyclic) bond motifs is 1. The standard InChI is InChI=1S/C18H24N4O2/c1-11-9-15(16-12(2)21-24-17(16)20-11)18(23)22-7-5-14(6-8-22)19-10-13-3-4-13/h9,13-14,19H,3-8,10H2,1-2H3. The van der Waals surface area contributed by atoms with Gasteiger partial charge in [-0.2, -0.15) is 0 Å². The summed E-state index contributed by atoms with van der Waals surface area (Å²) in [6.07, 6.45) is 4.79. The van der Waals surface area contributed by atoms with Crippen LogP contribution >= 0.6 is 0 Å². The molecule has 3 heterocycles. The van der Waals surface area contributed by atoms with E-state index in [-0.39, 0.29) is 5.91 Å². The third-order valence-electron chi connectivity index (χ3n) is 5.15. The molecule has 24 heavy (non-hydrogen) atoms. The first-order valence-corrected chi connectivity index (χ1v) is 8.88. The van der Waals surface area contributed by atoms with E-state index in [9.17, 15) is 4.79 Å². The van der Waals surface area contributed by atoms with Crippen LogP contribution in [0.5, 0.6) is 0 Å². The van der Waals surface area contributed by atoms with E-state index >= 15 is 0 Å². The van der Waals surface area contributed by atoms with Crippen LogP contribution in [0.25, 0.3) is 11.1 Å². The van der Waals surface area contributed by atoms with Crippen molar-refractivity contribution in [3.05, 3.63) is 23.0 Å². The van der Waals surface area contributed by atoms with Gasteiger partial charge in [0.25, 0.3) is 11.6 Å². The summed E-state index contributed by atoms with van der Waals surface area (Å²) in [6, 6.07) is 2.40. The molecular weight excluding hydrogens is 304 g/mol. The molecule has 6 heteroatoms. The van der Waals surface area contributed by atoms with Gasteiger partial charge in [-0.05, 0) is 58.1 Å². The molecule has 6 nitrogen and oxygen atoms in total. The van der Waals surface area contributed by atoms with E-state index in [0.29, 0.717) is 17.3 Å². The maximum atomic E-state index is 13.0. The van der Waals surface area contributed by atoms with Gasteiger partial charge in [-0.1, -0.05) is 5.16 Å². The Morgan fingerprint density at radius 2 is 2.04 bits per heavy atom. The molecule has 4 rings (SSSR count). The summed E-state index contributed by atoms with van der Waals surface area (Å²) in [5.74, 6) is 0.965. The summed E-state index contributed by atoms with van der Waals surface area (Å²) < 4.78 is 5.24. The summed E-state index contributed by atoms with van der Waals surface area (Å²) >= 11 is 0. The Morgan fingerprint density at radius 1 is 1.29 bits per heavy atom. The Labute approximate surface area is 141 Å². The third-order valence-corrected chi connectivity index (χ3v) is 5.15. The fraction of sp³-hybridized carbons (Fsp3) is 0.611. The highest BCUT2D eigenvalue weighted by Crippen LogP contribution is 2.28. The van der Waals surface area contributed by atoms with Crippen molar-refractivity contribution >= 4 is 17.0 Å². The van der Waals surface area contributed by atoms with Crippen molar-refractivity contribution in [1.82, 2.24) is 20.4 Å². The Hall–Kier alpha value is -1.95. The number of hydrogen-bond acceptors (Lipinski definition) is 5. The molecule has 2 aromatic heterocycles. The van der Waals surface area contributed by atoms with Gasteiger partial charge >= 0.3 is 0 Å². The molecule has 1 saturated carbocycles. The monoisotopic (exact) mass is 328 g/mol. The number of nitrogens with zero attached hydrogens (tertiary/aromatic N) is 3. The Balaban J connectivity index is 1.47. The molecular formula is C18H24N4O2. The fourth-order valence-corrected chi connectivity index (χ4v) is 3.50. The number of likely N-dealkylation sites (tertiary alicyclic amines) is 1. The molecule has 1 amide bonds. The van der Waals surface area contributed by atoms with Crippen molar-refractivity contribution in [2.24, 2.45) is 5.92 Å². The molecule has 0 atom stereocenters. The fourth-order valence-electron chi connectivity index (χ4n) is 3.50. The van der Waals surface area contributed by atoms with Crippen LogP contribution in [0.4, 0.5) is 0 Å². The molecule has 1 aliphatic heterocycles. The van der Waals surface area contributed by atoms with E-state index < -0.39 is 0 Å². The van der Waals surface area contributed by atoms with Gasteiger partial charge in [0.1, 0.15) is 0 Å². The maximum absolute atomic E-state index is 13.0. The lowest BCUT2D eigenvalue weighted by Crippen LogP contribution is -2.45. The van der Waals surface area contributed by atoms with E-state index in [4.69, 9.17) is 4.52 Å². The minimum absolute atomic E-state index is 0.0671. The number of carbonyl (C=O) groups is 1. The Kier molecular flexibility index (Phi) is 4.00. The SMILES string of the molecule is Cc1cc(C(=O)N2CCC(NCC3CC3)CC2)c2c(C)noc2n1. The van der Waals surface area contributed by atoms with Gasteiger partial charge in [0.2, 0.25) is 0 Å². The zero-order chi connectivity index (χ0) is 16.7. The van der Waals surface area contributed by atoms with Crippen molar-refractivity contribution in [2.45, 2.75) is 45.6 Å². The Bertz CT molecular complexity index is 758. The first-order chi connectivity index (χ1) is 11.6. The summed E-state index contributed by atoms with van der Waals surface area (Å²) in [4.78, 5) is 19.3. The van der Waals surface area contributed by atoms with Crippen molar-refractivity contribution in [2.75, 3.05) is 19.6 Å². The lowest BCUT2D eigenvalue weighted by Gasteiger charge is -2.32. The average Bonchev–Trinajstić information content (AvgIpc) is 3.35. The van der Waals surface area contributed by atoms with Gasteiger partial charge in [-0.25, -0.2) is 4.98 Å². The quantitative estimate of drug-likeness (QED) is 0.933. The molecule has 1 saturated heterocycles. The maximum Gasteiger partial charge on any atom is 0.258 e. The summed E-state index contributed by atoms with van der Waals surface area (Å²) in [6.45, 7) is 6.47. The zero-order valence-electron chi connectivity index (χ0n) is 14.3. The second-order valence-corrected chi connectivity index (χ2v) is 7.18. The van der Waals surface area contributed by atoms with Gasteiger partial charge < -0.3 is 14.7 Å². The van der Waals surface area contributed by atoms with Crippen molar-refractivity contribution in [1.29, 1.82) is 0 Å². The summed E-state index contributed by atoms with van der Waals surface area (Å²) in [7, 11) is 0. The van der Waals surface area contributed by atoms with Gasteiger partial charge in [0.05, 0.1) is 16.6 Å². The van der Waals surface area contributed by atoms with Crippen LogP contribution in [0.1, 0.15) is 47.4 Å². The van der Waals surface area contributed by atoms with Crippen LogP contribution in [0, 0.1) is 19.8 Å². The predicted molar refractivity (Wildman–Crippen MR) is 90.9 cm³/mol. The van der Waals surface area contributed by atoms with Crippen molar-refractivity contribution in [3.8, 4) is 0 Å². The molecule has 1 N–H and O–H groups in total. The number of nitrogens with one attached hydrogen (secondary N) is 1. The number of amides is 1. The highest BCUT2D eigenvalue weighted by atomic mass is 16.5. The molecule has 0 bridgehead atoms. The lowest BCUT2D eigenvalue weighted by atomic mass is 10.0. The van der Waals surface area contributed by atoms with Gasteiger partial charge in [0, 0.05) is 24.8 Å². The van der Waals surface area contributed by atoms with Crippen molar-refractivity contribution < 1.29 is 9.32 Å². The van der Waals surface area contributed by atoms with E-state index in [2.05, 4.69) is 15.5 Å². The average molecular weight is 328 g/mol. The second kappa shape index (κ2) is 6.16. The second-order valence-electron chi connectivity index (χ2n) is 7.18. The minimum atomic E-state index is 0.0671.